The number of rotatable bonds is 5. The van der Waals surface area contributed by atoms with Gasteiger partial charge in [0, 0.05) is 17.4 Å². The van der Waals surface area contributed by atoms with Crippen molar-refractivity contribution in [3.8, 4) is 5.75 Å². The molecule has 2 nitrogen and oxygen atoms in total. The molecule has 0 aromatic heterocycles. The van der Waals surface area contributed by atoms with Gasteiger partial charge in [0.2, 0.25) is 0 Å². The Morgan fingerprint density at radius 3 is 2.36 bits per heavy atom. The number of carbonyl (C=O) groups excluding carboxylic acids is 1. The predicted octanol–water partition coefficient (Wildman–Crippen LogP) is 4.71. The Labute approximate surface area is 132 Å². The normalized spacial score (nSPS) is 22.1. The van der Waals surface area contributed by atoms with Crippen molar-refractivity contribution >= 4 is 5.78 Å². The van der Waals surface area contributed by atoms with Crippen molar-refractivity contribution < 1.29 is 9.53 Å². The highest BCUT2D eigenvalue weighted by Gasteiger charge is 2.62. The van der Waals surface area contributed by atoms with Crippen LogP contribution in [0.25, 0.3) is 0 Å². The van der Waals surface area contributed by atoms with Crippen LogP contribution in [0.5, 0.6) is 5.75 Å². The Morgan fingerprint density at radius 1 is 1.05 bits per heavy atom. The molecule has 0 aliphatic heterocycles. The molecule has 0 spiro atoms. The van der Waals surface area contributed by atoms with E-state index in [-0.39, 0.29) is 23.0 Å². The second-order valence-electron chi connectivity index (χ2n) is 6.48. The number of benzene rings is 2. The van der Waals surface area contributed by atoms with Crippen LogP contribution in [-0.2, 0) is 0 Å². The topological polar surface area (TPSA) is 26.3 Å². The van der Waals surface area contributed by atoms with Gasteiger partial charge >= 0.3 is 0 Å². The monoisotopic (exact) mass is 294 g/mol. The minimum Gasteiger partial charge on any atom is -0.494 e. The van der Waals surface area contributed by atoms with E-state index in [1.807, 2.05) is 55.5 Å². The zero-order valence-electron chi connectivity index (χ0n) is 13.4. The van der Waals surface area contributed by atoms with E-state index < -0.39 is 0 Å². The van der Waals surface area contributed by atoms with Crippen molar-refractivity contribution in [1.82, 2.24) is 0 Å². The second kappa shape index (κ2) is 5.60. The first-order valence-corrected chi connectivity index (χ1v) is 7.88. The lowest BCUT2D eigenvalue weighted by atomic mass is 10.0. The first-order chi connectivity index (χ1) is 10.6. The molecular weight excluding hydrogens is 272 g/mol. The molecule has 1 saturated carbocycles. The Bertz CT molecular complexity index is 673. The zero-order valence-corrected chi connectivity index (χ0v) is 13.4. The van der Waals surface area contributed by atoms with Crippen LogP contribution in [0, 0.1) is 11.3 Å². The van der Waals surface area contributed by atoms with Crippen LogP contribution in [-0.4, -0.2) is 12.4 Å². The van der Waals surface area contributed by atoms with Crippen molar-refractivity contribution in [3.63, 3.8) is 0 Å². The zero-order chi connectivity index (χ0) is 15.7. The van der Waals surface area contributed by atoms with E-state index in [4.69, 9.17) is 4.74 Å². The highest BCUT2D eigenvalue weighted by molar-refractivity contribution is 6.01. The molecule has 1 fully saturated rings. The number of hydrogen-bond donors (Lipinski definition) is 0. The lowest BCUT2D eigenvalue weighted by Gasteiger charge is -2.10. The highest BCUT2D eigenvalue weighted by atomic mass is 16.5. The van der Waals surface area contributed by atoms with Crippen LogP contribution >= 0.6 is 0 Å². The molecule has 0 bridgehead atoms. The van der Waals surface area contributed by atoms with Crippen LogP contribution < -0.4 is 4.74 Å². The molecule has 2 unspecified atom stereocenters. The number of carbonyl (C=O) groups is 1. The maximum atomic E-state index is 12.8. The maximum Gasteiger partial charge on any atom is 0.167 e. The van der Waals surface area contributed by atoms with Crippen LogP contribution in [0.15, 0.2) is 54.6 Å². The molecule has 0 saturated heterocycles. The molecule has 1 aliphatic carbocycles. The minimum absolute atomic E-state index is 0.0245. The van der Waals surface area contributed by atoms with Gasteiger partial charge in [-0.25, -0.2) is 0 Å². The van der Waals surface area contributed by atoms with Gasteiger partial charge in [-0.05, 0) is 24.0 Å². The summed E-state index contributed by atoms with van der Waals surface area (Å²) >= 11 is 0. The predicted molar refractivity (Wildman–Crippen MR) is 88.4 cm³/mol. The third-order valence-corrected chi connectivity index (χ3v) is 4.72. The van der Waals surface area contributed by atoms with Gasteiger partial charge in [0.05, 0.1) is 6.61 Å². The average molecular weight is 294 g/mol. The summed E-state index contributed by atoms with van der Waals surface area (Å²) in [7, 11) is 0. The fourth-order valence-electron chi connectivity index (χ4n) is 3.51. The molecule has 2 atom stereocenters. The number of hydrogen-bond acceptors (Lipinski definition) is 2. The molecular formula is C20H22O2. The van der Waals surface area contributed by atoms with Gasteiger partial charge in [-0.1, -0.05) is 62.4 Å². The molecule has 2 aromatic carbocycles. The van der Waals surface area contributed by atoms with E-state index in [1.54, 1.807) is 0 Å². The molecule has 114 valence electrons. The Hall–Kier alpha value is -2.09. The van der Waals surface area contributed by atoms with Crippen LogP contribution in [0.2, 0.25) is 0 Å². The van der Waals surface area contributed by atoms with Crippen LogP contribution in [0.4, 0.5) is 0 Å². The SMILES string of the molecule is CCOc1ccccc1C1C(C(=O)c2ccccc2)C1(C)C. The average Bonchev–Trinajstić information content (AvgIpc) is 3.10. The van der Waals surface area contributed by atoms with Gasteiger partial charge in [-0.15, -0.1) is 0 Å². The number of ether oxygens (including phenoxy) is 1. The van der Waals surface area contributed by atoms with Crippen molar-refractivity contribution in [2.75, 3.05) is 6.61 Å². The van der Waals surface area contributed by atoms with Crippen molar-refractivity contribution in [3.05, 3.63) is 65.7 Å². The Balaban J connectivity index is 1.92. The van der Waals surface area contributed by atoms with E-state index in [0.29, 0.717) is 6.61 Å². The second-order valence-corrected chi connectivity index (χ2v) is 6.48. The van der Waals surface area contributed by atoms with E-state index in [1.165, 1.54) is 0 Å². The quantitative estimate of drug-likeness (QED) is 0.747. The van der Waals surface area contributed by atoms with Crippen molar-refractivity contribution in [2.45, 2.75) is 26.7 Å². The van der Waals surface area contributed by atoms with Gasteiger partial charge in [-0.2, -0.15) is 0 Å². The maximum absolute atomic E-state index is 12.8. The van der Waals surface area contributed by atoms with E-state index in [0.717, 1.165) is 16.9 Å². The number of ketones is 1. The van der Waals surface area contributed by atoms with E-state index in [9.17, 15) is 4.79 Å². The van der Waals surface area contributed by atoms with Crippen molar-refractivity contribution in [1.29, 1.82) is 0 Å². The summed E-state index contributed by atoms with van der Waals surface area (Å²) in [6, 6.07) is 17.7. The van der Waals surface area contributed by atoms with Crippen molar-refractivity contribution in [2.24, 2.45) is 11.3 Å². The largest absolute Gasteiger partial charge is 0.494 e. The molecule has 22 heavy (non-hydrogen) atoms. The molecule has 2 aromatic rings. The van der Waals surface area contributed by atoms with Gasteiger partial charge in [-0.3, -0.25) is 4.79 Å². The number of para-hydroxylation sites is 1. The van der Waals surface area contributed by atoms with Crippen LogP contribution in [0.1, 0.15) is 42.6 Å². The first kappa shape index (κ1) is 14.8. The summed E-state index contributed by atoms with van der Waals surface area (Å²) < 4.78 is 5.75. The summed E-state index contributed by atoms with van der Waals surface area (Å²) in [5.74, 6) is 1.40. The third-order valence-electron chi connectivity index (χ3n) is 4.72. The molecule has 0 radical (unpaired) electrons. The first-order valence-electron chi connectivity index (χ1n) is 7.88. The lowest BCUT2D eigenvalue weighted by Crippen LogP contribution is -2.06. The summed E-state index contributed by atoms with van der Waals surface area (Å²) in [5.41, 5.74) is 1.93. The Kier molecular flexibility index (Phi) is 3.78. The van der Waals surface area contributed by atoms with Crippen LogP contribution in [0.3, 0.4) is 0 Å². The molecule has 1 aliphatic rings. The summed E-state index contributed by atoms with van der Waals surface area (Å²) in [6.07, 6.45) is 0. The van der Waals surface area contributed by atoms with Gasteiger partial charge in [0.15, 0.2) is 5.78 Å². The summed E-state index contributed by atoms with van der Waals surface area (Å²) in [6.45, 7) is 6.97. The third kappa shape index (κ3) is 2.43. The molecule has 2 heteroatoms. The molecule has 0 heterocycles. The van der Waals surface area contributed by atoms with Gasteiger partial charge in [0.25, 0.3) is 0 Å². The lowest BCUT2D eigenvalue weighted by molar-refractivity contribution is 0.0952. The fraction of sp³-hybridized carbons (Fsp3) is 0.350. The smallest absolute Gasteiger partial charge is 0.167 e. The molecule has 3 rings (SSSR count). The molecule has 0 N–H and O–H groups in total. The minimum atomic E-state index is -0.0276. The summed E-state index contributed by atoms with van der Waals surface area (Å²) in [4.78, 5) is 12.8. The molecule has 0 amide bonds. The standard InChI is InChI=1S/C20H22O2/c1-4-22-16-13-9-8-12-15(16)17-18(20(17,2)3)19(21)14-10-6-5-7-11-14/h5-13,17-18H,4H2,1-3H3. The van der Waals surface area contributed by atoms with E-state index in [2.05, 4.69) is 19.9 Å². The van der Waals surface area contributed by atoms with E-state index >= 15 is 0 Å². The summed E-state index contributed by atoms with van der Waals surface area (Å²) in [5, 5.41) is 0. The fourth-order valence-corrected chi connectivity index (χ4v) is 3.51. The number of Topliss-reactive ketones (excluding diaryl/α,β-unsaturated/α-hetero) is 1. The van der Waals surface area contributed by atoms with Gasteiger partial charge in [0.1, 0.15) is 5.75 Å². The highest BCUT2D eigenvalue weighted by Crippen LogP contribution is 2.66. The Morgan fingerprint density at radius 2 is 1.68 bits per heavy atom. The van der Waals surface area contributed by atoms with Gasteiger partial charge < -0.3 is 4.74 Å².